The zero-order valence-electron chi connectivity index (χ0n) is 12.1. The summed E-state index contributed by atoms with van der Waals surface area (Å²) in [5, 5.41) is 2.39. The van der Waals surface area contributed by atoms with E-state index in [1.807, 2.05) is 6.07 Å². The van der Waals surface area contributed by atoms with E-state index < -0.39 is 0 Å². The summed E-state index contributed by atoms with van der Waals surface area (Å²) in [4.78, 5) is 0. The van der Waals surface area contributed by atoms with Gasteiger partial charge in [0.15, 0.2) is 0 Å². The fraction of sp³-hybridized carbons (Fsp3) is 0.294. The lowest BCUT2D eigenvalue weighted by molar-refractivity contribution is 0.214. The van der Waals surface area contributed by atoms with Crippen LogP contribution in [0.15, 0.2) is 48.2 Å². The third-order valence-electron chi connectivity index (χ3n) is 3.88. The Labute approximate surface area is 124 Å². The molecule has 3 N–H and O–H groups in total. The Morgan fingerprint density at radius 2 is 2.24 bits per heavy atom. The second-order valence-corrected chi connectivity index (χ2v) is 5.17. The normalized spacial score (nSPS) is 15.6. The first-order valence-corrected chi connectivity index (χ1v) is 7.16. The van der Waals surface area contributed by atoms with E-state index in [0.717, 1.165) is 31.0 Å². The summed E-state index contributed by atoms with van der Waals surface area (Å²) in [6.45, 7) is 0.747. The van der Waals surface area contributed by atoms with E-state index in [2.05, 4.69) is 41.8 Å². The molecule has 110 valence electrons. The van der Waals surface area contributed by atoms with Crippen LogP contribution in [0.5, 0.6) is 5.75 Å². The van der Waals surface area contributed by atoms with Crippen LogP contribution in [0, 0.1) is 0 Å². The molecule has 4 heteroatoms. The van der Waals surface area contributed by atoms with Crippen molar-refractivity contribution in [1.82, 2.24) is 5.43 Å². The van der Waals surface area contributed by atoms with Gasteiger partial charge in [0.05, 0.1) is 19.8 Å². The minimum Gasteiger partial charge on any atom is -0.497 e. The third kappa shape index (κ3) is 2.86. The van der Waals surface area contributed by atoms with Crippen LogP contribution in [0.2, 0.25) is 0 Å². The van der Waals surface area contributed by atoms with E-state index in [1.54, 1.807) is 7.11 Å². The molecule has 0 radical (unpaired) electrons. The van der Waals surface area contributed by atoms with Crippen LogP contribution in [-0.2, 0) is 11.2 Å². The van der Waals surface area contributed by atoms with Crippen molar-refractivity contribution in [1.29, 1.82) is 0 Å². The maximum absolute atomic E-state index is 5.71. The summed E-state index contributed by atoms with van der Waals surface area (Å²) in [6, 6.07) is 12.4. The Kier molecular flexibility index (Phi) is 4.08. The maximum atomic E-state index is 5.71. The highest BCUT2D eigenvalue weighted by Gasteiger charge is 2.19. The van der Waals surface area contributed by atoms with Crippen molar-refractivity contribution in [2.45, 2.75) is 18.9 Å². The van der Waals surface area contributed by atoms with Gasteiger partial charge in [-0.15, -0.1) is 0 Å². The first-order valence-electron chi connectivity index (χ1n) is 7.16. The molecule has 0 spiro atoms. The summed E-state index contributed by atoms with van der Waals surface area (Å²) >= 11 is 0. The zero-order chi connectivity index (χ0) is 14.7. The number of hydrogen-bond acceptors (Lipinski definition) is 4. The fourth-order valence-corrected chi connectivity index (χ4v) is 2.76. The number of nitrogens with one attached hydrogen (secondary N) is 1. The lowest BCUT2D eigenvalue weighted by atomic mass is 9.98. The van der Waals surface area contributed by atoms with Crippen molar-refractivity contribution in [2.24, 2.45) is 5.84 Å². The third-order valence-corrected chi connectivity index (χ3v) is 3.88. The Morgan fingerprint density at radius 1 is 1.33 bits per heavy atom. The molecule has 0 aliphatic carbocycles. The predicted octanol–water partition coefficient (Wildman–Crippen LogP) is 2.53. The van der Waals surface area contributed by atoms with Crippen LogP contribution in [0.1, 0.15) is 12.0 Å². The highest BCUT2D eigenvalue weighted by molar-refractivity contribution is 5.87. The molecule has 0 bridgehead atoms. The monoisotopic (exact) mass is 284 g/mol. The van der Waals surface area contributed by atoms with Gasteiger partial charge in [-0.3, -0.25) is 5.84 Å². The molecule has 0 saturated heterocycles. The Morgan fingerprint density at radius 3 is 2.95 bits per heavy atom. The van der Waals surface area contributed by atoms with Crippen LogP contribution in [0.4, 0.5) is 0 Å². The van der Waals surface area contributed by atoms with Gasteiger partial charge >= 0.3 is 0 Å². The van der Waals surface area contributed by atoms with E-state index >= 15 is 0 Å². The van der Waals surface area contributed by atoms with E-state index in [-0.39, 0.29) is 6.04 Å². The second-order valence-electron chi connectivity index (χ2n) is 5.17. The molecule has 3 rings (SSSR count). The van der Waals surface area contributed by atoms with Crippen molar-refractivity contribution in [3.8, 4) is 5.75 Å². The van der Waals surface area contributed by atoms with Crippen LogP contribution in [0.3, 0.4) is 0 Å². The van der Waals surface area contributed by atoms with Gasteiger partial charge in [0.25, 0.3) is 0 Å². The van der Waals surface area contributed by atoms with Crippen molar-refractivity contribution in [3.05, 3.63) is 53.8 Å². The number of ether oxygens (including phenoxy) is 2. The first-order chi connectivity index (χ1) is 10.3. The number of hydrogen-bond donors (Lipinski definition) is 2. The molecule has 1 heterocycles. The predicted molar refractivity (Wildman–Crippen MR) is 84.0 cm³/mol. The SMILES string of the molecule is COc1ccc2cccc(CC(NN)C3=CCCO3)c2c1. The van der Waals surface area contributed by atoms with E-state index in [4.69, 9.17) is 15.3 Å². The van der Waals surface area contributed by atoms with Crippen LogP contribution >= 0.6 is 0 Å². The van der Waals surface area contributed by atoms with Gasteiger partial charge in [0, 0.05) is 6.42 Å². The van der Waals surface area contributed by atoms with Crippen LogP contribution in [0.25, 0.3) is 10.8 Å². The van der Waals surface area contributed by atoms with Gasteiger partial charge in [-0.2, -0.15) is 0 Å². The minimum atomic E-state index is 0.00398. The molecule has 4 nitrogen and oxygen atoms in total. The van der Waals surface area contributed by atoms with Crippen molar-refractivity contribution >= 4 is 10.8 Å². The molecule has 2 aromatic rings. The van der Waals surface area contributed by atoms with Crippen LogP contribution in [-0.4, -0.2) is 19.8 Å². The maximum Gasteiger partial charge on any atom is 0.119 e. The summed E-state index contributed by atoms with van der Waals surface area (Å²) in [5.41, 5.74) is 4.09. The average Bonchev–Trinajstić information content (AvgIpc) is 3.06. The summed E-state index contributed by atoms with van der Waals surface area (Å²) in [5.74, 6) is 7.51. The summed E-state index contributed by atoms with van der Waals surface area (Å²) < 4.78 is 11.0. The van der Waals surface area contributed by atoms with E-state index in [9.17, 15) is 0 Å². The Balaban J connectivity index is 1.95. The molecule has 0 amide bonds. The Bertz CT molecular complexity index is 667. The smallest absolute Gasteiger partial charge is 0.119 e. The molecule has 1 aliphatic rings. The van der Waals surface area contributed by atoms with Crippen molar-refractivity contribution in [2.75, 3.05) is 13.7 Å². The molecule has 0 saturated carbocycles. The molecule has 0 fully saturated rings. The van der Waals surface area contributed by atoms with Gasteiger partial charge in [-0.1, -0.05) is 24.3 Å². The average molecular weight is 284 g/mol. The summed E-state index contributed by atoms with van der Waals surface area (Å²) in [6.07, 6.45) is 3.85. The van der Waals surface area contributed by atoms with Gasteiger partial charge in [-0.05, 0) is 41.0 Å². The van der Waals surface area contributed by atoms with Crippen molar-refractivity contribution < 1.29 is 9.47 Å². The van der Waals surface area contributed by atoms with Crippen molar-refractivity contribution in [3.63, 3.8) is 0 Å². The number of benzene rings is 2. The molecule has 21 heavy (non-hydrogen) atoms. The number of methoxy groups -OCH3 is 1. The topological polar surface area (TPSA) is 56.5 Å². The molecular formula is C17H20N2O2. The van der Waals surface area contributed by atoms with Gasteiger partial charge in [0.2, 0.25) is 0 Å². The molecule has 1 unspecified atom stereocenters. The highest BCUT2D eigenvalue weighted by Crippen LogP contribution is 2.26. The number of fused-ring (bicyclic) bond motifs is 1. The highest BCUT2D eigenvalue weighted by atomic mass is 16.5. The van der Waals surface area contributed by atoms with E-state index in [1.165, 1.54) is 16.3 Å². The van der Waals surface area contributed by atoms with Gasteiger partial charge < -0.3 is 9.47 Å². The molecule has 1 atom stereocenters. The fourth-order valence-electron chi connectivity index (χ4n) is 2.76. The standard InChI is InChI=1S/C17H20N2O2/c1-20-14-8-7-12-4-2-5-13(15(12)11-14)10-16(19-18)17-6-3-9-21-17/h2,4-8,11,16,19H,3,9-10,18H2,1H3. The lowest BCUT2D eigenvalue weighted by Gasteiger charge is -2.18. The van der Waals surface area contributed by atoms with E-state index in [0.29, 0.717) is 0 Å². The molecule has 2 aromatic carbocycles. The first kappa shape index (κ1) is 13.9. The molecular weight excluding hydrogens is 264 g/mol. The second kappa shape index (κ2) is 6.16. The largest absolute Gasteiger partial charge is 0.497 e. The zero-order valence-corrected chi connectivity index (χ0v) is 12.1. The Hall–Kier alpha value is -2.04. The van der Waals surface area contributed by atoms with Gasteiger partial charge in [0.1, 0.15) is 11.5 Å². The molecule has 1 aliphatic heterocycles. The number of hydrazine groups is 1. The summed E-state index contributed by atoms with van der Waals surface area (Å²) in [7, 11) is 1.69. The van der Waals surface area contributed by atoms with Gasteiger partial charge in [-0.25, -0.2) is 5.43 Å². The minimum absolute atomic E-state index is 0.00398. The molecule has 0 aromatic heterocycles. The quantitative estimate of drug-likeness (QED) is 0.654. The van der Waals surface area contributed by atoms with Crippen LogP contribution < -0.4 is 16.0 Å². The number of rotatable bonds is 5. The number of nitrogens with two attached hydrogens (primary N) is 1. The lowest BCUT2D eigenvalue weighted by Crippen LogP contribution is -2.38.